The summed E-state index contributed by atoms with van der Waals surface area (Å²) in [5, 5.41) is 9.25. The number of fused-ring (bicyclic) bond motifs is 1. The number of benzene rings is 2. The van der Waals surface area contributed by atoms with Crippen molar-refractivity contribution in [2.45, 2.75) is 12.8 Å². The van der Waals surface area contributed by atoms with E-state index in [1.807, 2.05) is 6.07 Å². The Balaban J connectivity index is 1.82. The zero-order valence-electron chi connectivity index (χ0n) is 13.6. The van der Waals surface area contributed by atoms with Gasteiger partial charge in [0.25, 0.3) is 0 Å². The molecule has 0 spiro atoms. The van der Waals surface area contributed by atoms with Crippen LogP contribution in [0.4, 0.5) is 15.8 Å². The van der Waals surface area contributed by atoms with Crippen LogP contribution < -0.4 is 8.61 Å². The normalized spacial score (nSPS) is 18.1. The Hall–Kier alpha value is -2.59. The van der Waals surface area contributed by atoms with Crippen LogP contribution in [-0.4, -0.2) is 22.0 Å². The Kier molecular flexibility index (Phi) is 3.48. The second kappa shape index (κ2) is 5.46. The van der Waals surface area contributed by atoms with Gasteiger partial charge in [-0.1, -0.05) is 12.1 Å². The Labute approximate surface area is 146 Å². The van der Waals surface area contributed by atoms with Gasteiger partial charge in [0.1, 0.15) is 5.82 Å². The molecule has 1 aliphatic carbocycles. The molecule has 2 aliphatic rings. The molecule has 128 valence electrons. The van der Waals surface area contributed by atoms with E-state index in [1.54, 1.807) is 24.3 Å². The largest absolute Gasteiger partial charge is 0.326 e. The summed E-state index contributed by atoms with van der Waals surface area (Å²) in [7, 11) is -2.03. The van der Waals surface area contributed by atoms with Gasteiger partial charge in [-0.3, -0.25) is 8.61 Å². The quantitative estimate of drug-likeness (QED) is 0.847. The molecule has 1 fully saturated rings. The van der Waals surface area contributed by atoms with Crippen molar-refractivity contribution in [2.24, 2.45) is 5.92 Å². The molecule has 1 aliphatic heterocycles. The van der Waals surface area contributed by atoms with Gasteiger partial charge >= 0.3 is 10.2 Å². The third-order valence-electron chi connectivity index (χ3n) is 4.74. The third-order valence-corrected chi connectivity index (χ3v) is 6.53. The zero-order valence-corrected chi connectivity index (χ0v) is 14.4. The molecule has 0 amide bonds. The minimum atomic E-state index is -3.56. The fraction of sp³-hybridized carbons (Fsp3) is 0.278. The highest BCUT2D eigenvalue weighted by atomic mass is 32.2. The fourth-order valence-corrected chi connectivity index (χ4v) is 4.63. The molecular weight excluding hydrogens is 341 g/mol. The second-order valence-electron chi connectivity index (χ2n) is 6.45. The summed E-state index contributed by atoms with van der Waals surface area (Å²) in [4.78, 5) is 0. The van der Waals surface area contributed by atoms with E-state index in [4.69, 9.17) is 0 Å². The van der Waals surface area contributed by atoms with Crippen molar-refractivity contribution in [3.05, 3.63) is 47.8 Å². The summed E-state index contributed by atoms with van der Waals surface area (Å²) in [5.41, 5.74) is 2.71. The molecule has 0 radical (unpaired) electrons. The highest BCUT2D eigenvalue weighted by Crippen LogP contribution is 2.44. The van der Waals surface area contributed by atoms with Gasteiger partial charge in [-0.15, -0.1) is 0 Å². The molecular formula is C18H16FN3O2S. The van der Waals surface area contributed by atoms with Crippen LogP contribution in [0.25, 0.3) is 11.1 Å². The number of anilines is 2. The fourth-order valence-electron chi connectivity index (χ4n) is 3.14. The second-order valence-corrected chi connectivity index (χ2v) is 8.34. The van der Waals surface area contributed by atoms with Gasteiger partial charge in [-0.25, -0.2) is 4.39 Å². The number of nitriles is 1. The predicted octanol–water partition coefficient (Wildman–Crippen LogP) is 3.28. The molecule has 1 saturated carbocycles. The van der Waals surface area contributed by atoms with Crippen LogP contribution in [0, 0.1) is 23.1 Å². The number of rotatable bonds is 3. The molecule has 7 heteroatoms. The van der Waals surface area contributed by atoms with Crippen LogP contribution in [0.3, 0.4) is 0 Å². The van der Waals surface area contributed by atoms with Crippen molar-refractivity contribution in [3.8, 4) is 17.2 Å². The number of hydrogen-bond donors (Lipinski definition) is 0. The lowest BCUT2D eigenvalue weighted by Crippen LogP contribution is -2.36. The van der Waals surface area contributed by atoms with Gasteiger partial charge in [0.05, 0.1) is 23.0 Å². The molecule has 1 heterocycles. The van der Waals surface area contributed by atoms with Crippen molar-refractivity contribution in [1.82, 2.24) is 0 Å². The van der Waals surface area contributed by atoms with Gasteiger partial charge in [0.2, 0.25) is 0 Å². The summed E-state index contributed by atoms with van der Waals surface area (Å²) in [6.45, 7) is 0.499. The maximum atomic E-state index is 13.4. The molecule has 2 aromatic rings. The van der Waals surface area contributed by atoms with Crippen molar-refractivity contribution in [2.75, 3.05) is 22.2 Å². The van der Waals surface area contributed by atoms with Crippen LogP contribution in [0.15, 0.2) is 36.4 Å². The highest BCUT2D eigenvalue weighted by molar-refractivity contribution is 7.94. The van der Waals surface area contributed by atoms with Gasteiger partial charge in [0.15, 0.2) is 0 Å². The summed E-state index contributed by atoms with van der Waals surface area (Å²) in [6, 6.07) is 11.3. The minimum Gasteiger partial charge on any atom is -0.254 e. The zero-order chi connectivity index (χ0) is 17.8. The van der Waals surface area contributed by atoms with E-state index in [2.05, 4.69) is 0 Å². The van der Waals surface area contributed by atoms with Crippen LogP contribution in [0.2, 0.25) is 0 Å². The monoisotopic (exact) mass is 357 g/mol. The van der Waals surface area contributed by atoms with Gasteiger partial charge in [-0.05, 0) is 54.2 Å². The van der Waals surface area contributed by atoms with E-state index in [0.717, 1.165) is 12.8 Å². The maximum absolute atomic E-state index is 13.4. The summed E-state index contributed by atoms with van der Waals surface area (Å²) in [5.74, 6) is -0.0483. The van der Waals surface area contributed by atoms with E-state index in [1.165, 1.54) is 27.8 Å². The number of nitrogens with zero attached hydrogens (tertiary/aromatic N) is 3. The first-order chi connectivity index (χ1) is 11.9. The van der Waals surface area contributed by atoms with E-state index in [9.17, 15) is 18.1 Å². The maximum Gasteiger partial charge on any atom is 0.326 e. The predicted molar refractivity (Wildman–Crippen MR) is 93.9 cm³/mol. The lowest BCUT2D eigenvalue weighted by molar-refractivity contribution is 0.590. The van der Waals surface area contributed by atoms with Crippen LogP contribution in [0.5, 0.6) is 0 Å². The minimum absolute atomic E-state index is 0.221. The number of hydrogen-bond acceptors (Lipinski definition) is 3. The molecule has 0 atom stereocenters. The van der Waals surface area contributed by atoms with Crippen LogP contribution >= 0.6 is 0 Å². The number of halogens is 1. The van der Waals surface area contributed by atoms with E-state index in [0.29, 0.717) is 35.0 Å². The Morgan fingerprint density at radius 3 is 2.64 bits per heavy atom. The Morgan fingerprint density at radius 2 is 1.96 bits per heavy atom. The summed E-state index contributed by atoms with van der Waals surface area (Å²) >= 11 is 0. The molecule has 0 bridgehead atoms. The summed E-state index contributed by atoms with van der Waals surface area (Å²) in [6.07, 6.45) is 2.12. The third kappa shape index (κ3) is 2.53. The SMILES string of the molecule is CN1c2cc(-c3ccc(F)cc3C#N)ccc2N(CC2CC2)S1(=O)=O. The van der Waals surface area contributed by atoms with Crippen molar-refractivity contribution in [3.63, 3.8) is 0 Å². The van der Waals surface area contributed by atoms with E-state index in [-0.39, 0.29) is 5.56 Å². The molecule has 4 rings (SSSR count). The van der Waals surface area contributed by atoms with Gasteiger partial charge in [-0.2, -0.15) is 13.7 Å². The summed E-state index contributed by atoms with van der Waals surface area (Å²) < 4.78 is 41.4. The Bertz CT molecular complexity index is 1010. The molecule has 0 N–H and O–H groups in total. The van der Waals surface area contributed by atoms with E-state index >= 15 is 0 Å². The highest BCUT2D eigenvalue weighted by Gasteiger charge is 2.40. The van der Waals surface area contributed by atoms with Crippen LogP contribution in [-0.2, 0) is 10.2 Å². The lowest BCUT2D eigenvalue weighted by Gasteiger charge is -2.18. The van der Waals surface area contributed by atoms with Crippen molar-refractivity contribution < 1.29 is 12.8 Å². The molecule has 2 aromatic carbocycles. The standard InChI is InChI=1S/C18H16FN3O2S/c1-21-18-9-13(16-6-5-15(19)8-14(16)10-20)4-7-17(18)22(25(21,23)24)11-12-2-3-12/h4-9,12H,2-3,11H2,1H3. The lowest BCUT2D eigenvalue weighted by atomic mass is 9.99. The molecule has 0 unspecified atom stereocenters. The van der Waals surface area contributed by atoms with E-state index < -0.39 is 16.0 Å². The molecule has 25 heavy (non-hydrogen) atoms. The average Bonchev–Trinajstić information content (AvgIpc) is 3.39. The van der Waals surface area contributed by atoms with Crippen molar-refractivity contribution >= 4 is 21.6 Å². The van der Waals surface area contributed by atoms with Gasteiger partial charge < -0.3 is 0 Å². The first-order valence-corrected chi connectivity index (χ1v) is 9.42. The molecule has 0 aromatic heterocycles. The molecule has 0 saturated heterocycles. The van der Waals surface area contributed by atoms with Crippen LogP contribution in [0.1, 0.15) is 18.4 Å². The molecule has 5 nitrogen and oxygen atoms in total. The van der Waals surface area contributed by atoms with Crippen molar-refractivity contribution in [1.29, 1.82) is 5.26 Å². The Morgan fingerprint density at radius 1 is 1.20 bits per heavy atom. The smallest absolute Gasteiger partial charge is 0.254 e. The topological polar surface area (TPSA) is 64.4 Å². The average molecular weight is 357 g/mol. The first kappa shape index (κ1) is 15.9. The van der Waals surface area contributed by atoms with Gasteiger partial charge in [0, 0.05) is 13.6 Å². The first-order valence-electron chi connectivity index (χ1n) is 8.02.